The van der Waals surface area contributed by atoms with Crippen LogP contribution in [-0.4, -0.2) is 39.8 Å². The van der Waals surface area contributed by atoms with Crippen LogP contribution in [0.3, 0.4) is 0 Å². The number of hydrogen-bond donors (Lipinski definition) is 2. The van der Waals surface area contributed by atoms with Crippen molar-refractivity contribution in [1.82, 2.24) is 4.98 Å². The summed E-state index contributed by atoms with van der Waals surface area (Å²) in [7, 11) is 0. The zero-order chi connectivity index (χ0) is 21.3. The van der Waals surface area contributed by atoms with E-state index in [2.05, 4.69) is 18.8 Å². The van der Waals surface area contributed by atoms with Crippen LogP contribution in [0.15, 0.2) is 23.6 Å². The Kier molecular flexibility index (Phi) is 5.88. The average molecular weight is 416 g/mol. The maximum atomic E-state index is 13.2. The molecule has 0 unspecified atom stereocenters. The third kappa shape index (κ3) is 4.55. The number of ketones is 1. The molecule has 0 amide bonds. The Morgan fingerprint density at radius 3 is 2.55 bits per heavy atom. The Bertz CT molecular complexity index is 964. The molecule has 8 heteroatoms. The van der Waals surface area contributed by atoms with E-state index in [1.165, 1.54) is 11.3 Å². The largest absolute Gasteiger partial charge is 0.479 e. The smallest absolute Gasteiger partial charge is 0.336 e. The van der Waals surface area contributed by atoms with Gasteiger partial charge in [-0.2, -0.15) is 0 Å². The highest BCUT2D eigenvalue weighted by molar-refractivity contribution is 7.10. The molecule has 2 atom stereocenters. The lowest BCUT2D eigenvalue weighted by Crippen LogP contribution is -2.37. The number of benzene rings is 1. The van der Waals surface area contributed by atoms with E-state index in [1.54, 1.807) is 38.1 Å². The summed E-state index contributed by atoms with van der Waals surface area (Å²) in [6.45, 7) is 7.28. The molecule has 1 aromatic carbocycles. The van der Waals surface area contributed by atoms with E-state index in [0.717, 1.165) is 10.7 Å². The number of carbonyl (C=O) groups is 2. The van der Waals surface area contributed by atoms with Crippen molar-refractivity contribution in [2.24, 2.45) is 0 Å². The maximum Gasteiger partial charge on any atom is 0.336 e. The highest BCUT2D eigenvalue weighted by Gasteiger charge is 2.49. The summed E-state index contributed by atoms with van der Waals surface area (Å²) in [6, 6.07) is 5.08. The normalized spacial score (nSPS) is 21.1. The van der Waals surface area contributed by atoms with Gasteiger partial charge in [0.05, 0.1) is 11.3 Å². The lowest BCUT2D eigenvalue weighted by molar-refractivity contribution is -0.165. The fourth-order valence-corrected chi connectivity index (χ4v) is 3.96. The number of Topliss-reactive ketones (excluding diaryl/α,β-unsaturated/α-hetero) is 1. The van der Waals surface area contributed by atoms with Gasteiger partial charge in [-0.3, -0.25) is 4.79 Å². The predicted octanol–water partition coefficient (Wildman–Crippen LogP) is 3.81. The van der Waals surface area contributed by atoms with Gasteiger partial charge in [0.15, 0.2) is 23.8 Å². The lowest BCUT2D eigenvalue weighted by Gasteiger charge is -2.17. The first kappa shape index (κ1) is 21.2. The number of nitrogens with zero attached hydrogens (tertiary/aromatic N) is 1. The molecular formula is C21H24N2O5S. The van der Waals surface area contributed by atoms with Gasteiger partial charge in [0, 0.05) is 11.1 Å². The summed E-state index contributed by atoms with van der Waals surface area (Å²) in [6.07, 6.45) is 0.879. The molecule has 2 aromatic rings. The maximum absolute atomic E-state index is 13.2. The molecule has 29 heavy (non-hydrogen) atoms. The number of anilines is 1. The van der Waals surface area contributed by atoms with Crippen LogP contribution >= 0.6 is 11.3 Å². The van der Waals surface area contributed by atoms with Gasteiger partial charge >= 0.3 is 5.97 Å². The summed E-state index contributed by atoms with van der Waals surface area (Å²) in [5, 5.41) is 12.2. The number of nitrogen functional groups attached to an aromatic ring is 1. The summed E-state index contributed by atoms with van der Waals surface area (Å²) >= 11 is 1.51. The molecule has 1 saturated heterocycles. The number of carboxylic acids is 1. The number of aromatic nitrogens is 1. The van der Waals surface area contributed by atoms with Crippen molar-refractivity contribution in [1.29, 1.82) is 0 Å². The van der Waals surface area contributed by atoms with Crippen molar-refractivity contribution in [3.05, 3.63) is 45.4 Å². The van der Waals surface area contributed by atoms with Gasteiger partial charge in [-0.15, -0.1) is 11.3 Å². The minimum absolute atomic E-state index is 0.210. The Balaban J connectivity index is 1.94. The topological polar surface area (TPSA) is 112 Å². The third-order valence-electron chi connectivity index (χ3n) is 4.51. The van der Waals surface area contributed by atoms with Crippen LogP contribution in [0.5, 0.6) is 0 Å². The number of thiazole rings is 1. The fourth-order valence-electron chi connectivity index (χ4n) is 3.09. The van der Waals surface area contributed by atoms with Crippen molar-refractivity contribution in [2.45, 2.75) is 51.6 Å². The van der Waals surface area contributed by atoms with Gasteiger partial charge < -0.3 is 20.3 Å². The molecule has 0 bridgehead atoms. The van der Waals surface area contributed by atoms with E-state index in [1.807, 2.05) is 11.5 Å². The Labute approximate surface area is 173 Å². The van der Waals surface area contributed by atoms with Crippen LogP contribution in [-0.2, 0) is 14.3 Å². The zero-order valence-electron chi connectivity index (χ0n) is 16.7. The van der Waals surface area contributed by atoms with Crippen LogP contribution in [0.4, 0.5) is 5.69 Å². The van der Waals surface area contributed by atoms with E-state index in [0.29, 0.717) is 11.5 Å². The molecule has 1 fully saturated rings. The molecule has 3 N–H and O–H groups in total. The molecule has 7 nitrogen and oxygen atoms in total. The molecule has 2 heterocycles. The van der Waals surface area contributed by atoms with Crippen LogP contribution in [0.2, 0.25) is 0 Å². The number of nitrogens with two attached hydrogens (primary N) is 1. The summed E-state index contributed by atoms with van der Waals surface area (Å²) in [4.78, 5) is 29.3. The van der Waals surface area contributed by atoms with Gasteiger partial charge in [0.2, 0.25) is 0 Å². The van der Waals surface area contributed by atoms with E-state index in [-0.39, 0.29) is 11.3 Å². The minimum Gasteiger partial charge on any atom is -0.479 e. The molecule has 1 aromatic heterocycles. The molecule has 0 spiro atoms. The quantitative estimate of drug-likeness (QED) is 0.544. The second-order valence-corrected chi connectivity index (χ2v) is 8.48. The SMILES string of the molecule is CC(C)c1csc(C=Cc2cccc(N)c2C(=O)[C@@H]2OC(C)(C)O[C@H]2C(=O)O)n1. The zero-order valence-corrected chi connectivity index (χ0v) is 17.5. The highest BCUT2D eigenvalue weighted by Crippen LogP contribution is 2.33. The van der Waals surface area contributed by atoms with E-state index in [9.17, 15) is 14.7 Å². The van der Waals surface area contributed by atoms with Gasteiger partial charge in [-0.05, 0) is 37.5 Å². The Hall–Kier alpha value is -2.55. The second-order valence-electron chi connectivity index (χ2n) is 7.59. The van der Waals surface area contributed by atoms with Crippen LogP contribution in [0.25, 0.3) is 12.2 Å². The summed E-state index contributed by atoms with van der Waals surface area (Å²) in [5.41, 5.74) is 8.10. The molecule has 3 rings (SSSR count). The summed E-state index contributed by atoms with van der Waals surface area (Å²) < 4.78 is 11.0. The first-order chi connectivity index (χ1) is 13.6. The fraction of sp³-hybridized carbons (Fsp3) is 0.381. The highest BCUT2D eigenvalue weighted by atomic mass is 32.1. The van der Waals surface area contributed by atoms with Crippen LogP contribution < -0.4 is 5.73 Å². The van der Waals surface area contributed by atoms with Gasteiger partial charge in [0.1, 0.15) is 5.01 Å². The first-order valence-corrected chi connectivity index (χ1v) is 10.1. The number of carbonyl (C=O) groups excluding carboxylic acids is 1. The third-order valence-corrected chi connectivity index (χ3v) is 5.34. The predicted molar refractivity (Wildman–Crippen MR) is 112 cm³/mol. The van der Waals surface area contributed by atoms with Crippen molar-refractivity contribution in [2.75, 3.05) is 5.73 Å². The first-order valence-electron chi connectivity index (χ1n) is 9.23. The van der Waals surface area contributed by atoms with E-state index >= 15 is 0 Å². The molecule has 0 saturated carbocycles. The van der Waals surface area contributed by atoms with E-state index in [4.69, 9.17) is 15.2 Å². The van der Waals surface area contributed by atoms with Crippen molar-refractivity contribution in [3.63, 3.8) is 0 Å². The molecular weight excluding hydrogens is 392 g/mol. The van der Waals surface area contributed by atoms with Crippen molar-refractivity contribution in [3.8, 4) is 0 Å². The number of carboxylic acid groups (broad SMARTS) is 1. The standard InChI is InChI=1S/C21H24N2O5S/c1-11(2)14-10-29-15(23-14)9-8-12-6-5-7-13(22)16(12)17(24)18-19(20(25)26)28-21(3,4)27-18/h5-11,18-19H,22H2,1-4H3,(H,25,26)/t18-,19+/m0/s1. The lowest BCUT2D eigenvalue weighted by atomic mass is 9.95. The number of rotatable bonds is 6. The average Bonchev–Trinajstić information content (AvgIpc) is 3.23. The van der Waals surface area contributed by atoms with Crippen molar-refractivity contribution < 1.29 is 24.2 Å². The molecule has 1 aliphatic rings. The van der Waals surface area contributed by atoms with Crippen LogP contribution in [0.1, 0.15) is 60.2 Å². The van der Waals surface area contributed by atoms with Crippen molar-refractivity contribution >= 4 is 40.9 Å². The van der Waals surface area contributed by atoms with Gasteiger partial charge in [-0.25, -0.2) is 9.78 Å². The number of aliphatic carboxylic acids is 1. The number of ether oxygens (including phenoxy) is 2. The van der Waals surface area contributed by atoms with Gasteiger partial charge in [0.25, 0.3) is 0 Å². The van der Waals surface area contributed by atoms with Crippen LogP contribution in [0, 0.1) is 0 Å². The molecule has 1 aliphatic heterocycles. The number of hydrogen-bond acceptors (Lipinski definition) is 7. The van der Waals surface area contributed by atoms with Gasteiger partial charge in [-0.1, -0.05) is 32.1 Å². The van der Waals surface area contributed by atoms with E-state index < -0.39 is 29.7 Å². The second kappa shape index (κ2) is 8.06. The summed E-state index contributed by atoms with van der Waals surface area (Å²) in [5.74, 6) is -2.64. The monoisotopic (exact) mass is 416 g/mol. The Morgan fingerprint density at radius 2 is 1.93 bits per heavy atom. The molecule has 154 valence electrons. The minimum atomic E-state index is -1.40. The Morgan fingerprint density at radius 1 is 1.24 bits per heavy atom. The molecule has 0 radical (unpaired) electrons. The molecule has 0 aliphatic carbocycles.